The Labute approximate surface area is 233 Å². The maximum atomic E-state index is 10.0. The van der Waals surface area contributed by atoms with Crippen LogP contribution in [-0.4, -0.2) is 46.6 Å². The summed E-state index contributed by atoms with van der Waals surface area (Å²) in [6.45, 7) is -0.480. The Morgan fingerprint density at radius 2 is 1.87 bits per heavy atom. The SMILES string of the molecule is COc1cccc(Nc2nc(CSc3nc(N)c(C#N)c(-c4ccc(OC[C@H](O)CO)cc4)c3C#N)cs2)c1. The number of nitrogen functional groups attached to an aromatic ring is 1. The third kappa shape index (κ3) is 6.76. The lowest BCUT2D eigenvalue weighted by atomic mass is 9.97. The van der Waals surface area contributed by atoms with Crippen molar-refractivity contribution in [1.29, 1.82) is 10.5 Å². The summed E-state index contributed by atoms with van der Waals surface area (Å²) >= 11 is 2.76. The minimum absolute atomic E-state index is 0.0269. The number of nitriles is 2. The molecule has 0 aliphatic heterocycles. The molecule has 0 aliphatic rings. The Kier molecular flexibility index (Phi) is 9.20. The zero-order valence-corrected chi connectivity index (χ0v) is 22.4. The standard InChI is InChI=1S/C27H24N6O4S2/c1-36-21-4-2-3-17(9-21)31-27-32-18(15-39-27)14-38-26-23(11-29)24(22(10-28)25(30)33-26)16-5-7-20(8-6-16)37-13-19(35)12-34/h2-9,15,19,34-35H,12-14H2,1H3,(H2,30,33)(H,31,32)/t19-/m1/s1. The Hall–Kier alpha value is -4.33. The summed E-state index contributed by atoms with van der Waals surface area (Å²) in [5.74, 6) is 1.66. The number of hydrogen-bond donors (Lipinski definition) is 4. The van der Waals surface area contributed by atoms with Crippen molar-refractivity contribution in [2.75, 3.05) is 31.4 Å². The van der Waals surface area contributed by atoms with Gasteiger partial charge in [-0.25, -0.2) is 9.97 Å². The number of pyridine rings is 1. The summed E-state index contributed by atoms with van der Waals surface area (Å²) in [6.07, 6.45) is -0.994. The van der Waals surface area contributed by atoms with E-state index in [0.29, 0.717) is 32.8 Å². The number of aliphatic hydroxyl groups is 2. The van der Waals surface area contributed by atoms with Gasteiger partial charge in [-0.2, -0.15) is 10.5 Å². The fraction of sp³-hybridized carbons (Fsp3) is 0.185. The van der Waals surface area contributed by atoms with Gasteiger partial charge in [0.25, 0.3) is 0 Å². The van der Waals surface area contributed by atoms with Crippen LogP contribution in [0.4, 0.5) is 16.6 Å². The molecule has 0 bridgehead atoms. The average molecular weight is 561 g/mol. The molecule has 1 atom stereocenters. The van der Waals surface area contributed by atoms with E-state index in [4.69, 9.17) is 20.3 Å². The van der Waals surface area contributed by atoms with Crippen LogP contribution in [0.15, 0.2) is 58.9 Å². The van der Waals surface area contributed by atoms with Gasteiger partial charge in [0.2, 0.25) is 0 Å². The second-order valence-corrected chi connectivity index (χ2v) is 9.93. The molecule has 10 nitrogen and oxygen atoms in total. The lowest BCUT2D eigenvalue weighted by Crippen LogP contribution is -2.21. The van der Waals surface area contributed by atoms with Gasteiger partial charge in [0, 0.05) is 28.5 Å². The summed E-state index contributed by atoms with van der Waals surface area (Å²) in [5.41, 5.74) is 9.10. The lowest BCUT2D eigenvalue weighted by Gasteiger charge is -2.14. The Balaban J connectivity index is 1.55. The van der Waals surface area contributed by atoms with E-state index in [1.807, 2.05) is 29.6 Å². The molecular formula is C27H24N6O4S2. The summed E-state index contributed by atoms with van der Waals surface area (Å²) < 4.78 is 10.7. The monoisotopic (exact) mass is 560 g/mol. The molecule has 0 fully saturated rings. The summed E-state index contributed by atoms with van der Waals surface area (Å²) in [4.78, 5) is 8.97. The predicted octanol–water partition coefficient (Wildman–Crippen LogP) is 4.31. The molecule has 2 aromatic carbocycles. The first kappa shape index (κ1) is 27.7. The van der Waals surface area contributed by atoms with Gasteiger partial charge < -0.3 is 30.7 Å². The maximum Gasteiger partial charge on any atom is 0.187 e. The Morgan fingerprint density at radius 1 is 1.10 bits per heavy atom. The van der Waals surface area contributed by atoms with Crippen LogP contribution in [0, 0.1) is 22.7 Å². The maximum absolute atomic E-state index is 10.0. The minimum atomic E-state index is -0.994. The van der Waals surface area contributed by atoms with Crippen LogP contribution in [0.5, 0.6) is 11.5 Å². The highest BCUT2D eigenvalue weighted by molar-refractivity contribution is 7.98. The van der Waals surface area contributed by atoms with E-state index in [0.717, 1.165) is 17.1 Å². The Morgan fingerprint density at radius 3 is 2.56 bits per heavy atom. The molecule has 39 heavy (non-hydrogen) atoms. The number of thiazole rings is 1. The summed E-state index contributed by atoms with van der Waals surface area (Å²) in [7, 11) is 1.61. The van der Waals surface area contributed by atoms with Crippen molar-refractivity contribution >= 4 is 39.7 Å². The molecule has 5 N–H and O–H groups in total. The number of rotatable bonds is 11. The largest absolute Gasteiger partial charge is 0.497 e. The zero-order valence-electron chi connectivity index (χ0n) is 20.8. The van der Waals surface area contributed by atoms with Crippen molar-refractivity contribution in [3.8, 4) is 34.8 Å². The molecule has 4 rings (SSSR count). The average Bonchev–Trinajstić information content (AvgIpc) is 3.41. The molecule has 198 valence electrons. The van der Waals surface area contributed by atoms with E-state index >= 15 is 0 Å². The highest BCUT2D eigenvalue weighted by atomic mass is 32.2. The van der Waals surface area contributed by atoms with Crippen LogP contribution in [-0.2, 0) is 5.75 Å². The molecular weight excluding hydrogens is 536 g/mol. The van der Waals surface area contributed by atoms with Crippen LogP contribution < -0.4 is 20.5 Å². The summed E-state index contributed by atoms with van der Waals surface area (Å²) in [6, 6.07) is 18.5. The number of thioether (sulfide) groups is 1. The van der Waals surface area contributed by atoms with Crippen molar-refractivity contribution < 1.29 is 19.7 Å². The number of nitrogens with one attached hydrogen (secondary N) is 1. The van der Waals surface area contributed by atoms with E-state index in [-0.39, 0.29) is 23.6 Å². The number of ether oxygens (including phenoxy) is 2. The van der Waals surface area contributed by atoms with Gasteiger partial charge in [0.05, 0.1) is 25.0 Å². The van der Waals surface area contributed by atoms with E-state index in [9.17, 15) is 15.6 Å². The van der Waals surface area contributed by atoms with Crippen molar-refractivity contribution in [2.24, 2.45) is 0 Å². The molecule has 0 radical (unpaired) electrons. The van der Waals surface area contributed by atoms with Crippen LogP contribution >= 0.6 is 23.1 Å². The number of methoxy groups -OCH3 is 1. The highest BCUT2D eigenvalue weighted by Crippen LogP contribution is 2.37. The van der Waals surface area contributed by atoms with E-state index < -0.39 is 12.7 Å². The molecule has 0 spiro atoms. The van der Waals surface area contributed by atoms with Gasteiger partial charge >= 0.3 is 0 Å². The van der Waals surface area contributed by atoms with Gasteiger partial charge in [-0.15, -0.1) is 11.3 Å². The lowest BCUT2D eigenvalue weighted by molar-refractivity contribution is 0.0536. The molecule has 0 amide bonds. The van der Waals surface area contributed by atoms with Crippen LogP contribution in [0.3, 0.4) is 0 Å². The molecule has 12 heteroatoms. The second kappa shape index (κ2) is 13.0. The second-order valence-electron chi connectivity index (χ2n) is 8.11. The molecule has 4 aromatic rings. The number of aliphatic hydroxyl groups excluding tert-OH is 2. The molecule has 0 saturated heterocycles. The quantitative estimate of drug-likeness (QED) is 0.193. The summed E-state index contributed by atoms with van der Waals surface area (Å²) in [5, 5.41) is 44.5. The third-order valence-corrected chi connectivity index (χ3v) is 7.26. The van der Waals surface area contributed by atoms with Crippen molar-refractivity contribution in [3.63, 3.8) is 0 Å². The molecule has 0 unspecified atom stereocenters. The smallest absolute Gasteiger partial charge is 0.187 e. The van der Waals surface area contributed by atoms with E-state index in [2.05, 4.69) is 27.4 Å². The molecule has 2 aromatic heterocycles. The number of nitrogens with zero attached hydrogens (tertiary/aromatic N) is 4. The normalized spacial score (nSPS) is 11.3. The van der Waals surface area contributed by atoms with Gasteiger partial charge in [0.1, 0.15) is 52.8 Å². The van der Waals surface area contributed by atoms with Crippen molar-refractivity contribution in [3.05, 3.63) is 70.7 Å². The number of benzene rings is 2. The van der Waals surface area contributed by atoms with Crippen molar-refractivity contribution in [1.82, 2.24) is 9.97 Å². The molecule has 0 saturated carbocycles. The minimum Gasteiger partial charge on any atom is -0.497 e. The van der Waals surface area contributed by atoms with Crippen LogP contribution in [0.25, 0.3) is 11.1 Å². The van der Waals surface area contributed by atoms with E-state index in [1.54, 1.807) is 31.4 Å². The van der Waals surface area contributed by atoms with E-state index in [1.165, 1.54) is 23.1 Å². The fourth-order valence-corrected chi connectivity index (χ4v) is 5.27. The topological polar surface area (TPSA) is 170 Å². The first-order chi connectivity index (χ1) is 18.9. The number of anilines is 3. The number of nitrogens with two attached hydrogens (primary N) is 1. The first-order valence-electron chi connectivity index (χ1n) is 11.6. The van der Waals surface area contributed by atoms with Gasteiger partial charge in [-0.05, 0) is 29.8 Å². The van der Waals surface area contributed by atoms with Gasteiger partial charge in [-0.3, -0.25) is 0 Å². The zero-order chi connectivity index (χ0) is 27.8. The number of hydrogen-bond acceptors (Lipinski definition) is 12. The fourth-order valence-electron chi connectivity index (χ4n) is 3.55. The van der Waals surface area contributed by atoms with Gasteiger partial charge in [0.15, 0.2) is 5.13 Å². The Bertz CT molecular complexity index is 1530. The predicted molar refractivity (Wildman–Crippen MR) is 150 cm³/mol. The highest BCUT2D eigenvalue weighted by Gasteiger charge is 2.21. The molecule has 2 heterocycles. The van der Waals surface area contributed by atoms with Crippen molar-refractivity contribution in [2.45, 2.75) is 16.9 Å². The third-order valence-electron chi connectivity index (χ3n) is 5.44. The number of aromatic nitrogens is 2. The van der Waals surface area contributed by atoms with Crippen LogP contribution in [0.1, 0.15) is 16.8 Å². The van der Waals surface area contributed by atoms with Crippen LogP contribution in [0.2, 0.25) is 0 Å². The molecule has 0 aliphatic carbocycles. The van der Waals surface area contributed by atoms with Gasteiger partial charge in [-0.1, -0.05) is 30.0 Å². The first-order valence-corrected chi connectivity index (χ1v) is 13.5.